The van der Waals surface area contributed by atoms with Gasteiger partial charge in [-0.1, -0.05) is 24.3 Å². The first kappa shape index (κ1) is 15.0. The van der Waals surface area contributed by atoms with E-state index in [9.17, 15) is 4.79 Å². The number of nitrogens with one attached hydrogen (secondary N) is 1. The van der Waals surface area contributed by atoms with Crippen LogP contribution in [0.2, 0.25) is 0 Å². The van der Waals surface area contributed by atoms with E-state index >= 15 is 0 Å². The van der Waals surface area contributed by atoms with Crippen LogP contribution in [-0.4, -0.2) is 17.5 Å². The zero-order chi connectivity index (χ0) is 16.1. The fourth-order valence-corrected chi connectivity index (χ4v) is 2.96. The van der Waals surface area contributed by atoms with Crippen LogP contribution in [0, 0.1) is 11.3 Å². The molecule has 0 fully saturated rings. The Hall–Kier alpha value is -2.91. The summed E-state index contributed by atoms with van der Waals surface area (Å²) in [7, 11) is 0. The lowest BCUT2D eigenvalue weighted by Gasteiger charge is -2.07. The number of hydrogen-bond donors (Lipinski definition) is 1. The van der Waals surface area contributed by atoms with Gasteiger partial charge in [0.25, 0.3) is 5.91 Å². The molecule has 0 aliphatic rings. The molecular weight excluding hydrogens is 310 g/mol. The van der Waals surface area contributed by atoms with Gasteiger partial charge in [-0.3, -0.25) is 4.79 Å². The molecule has 5 nitrogen and oxygen atoms in total. The van der Waals surface area contributed by atoms with Crippen LogP contribution in [0.15, 0.2) is 48.5 Å². The van der Waals surface area contributed by atoms with Gasteiger partial charge in [0.2, 0.25) is 0 Å². The van der Waals surface area contributed by atoms with Gasteiger partial charge < -0.3 is 10.1 Å². The molecule has 6 heteroatoms. The van der Waals surface area contributed by atoms with Crippen molar-refractivity contribution in [1.29, 1.82) is 5.26 Å². The number of ether oxygens (including phenoxy) is 1. The highest BCUT2D eigenvalue weighted by Gasteiger charge is 2.08. The summed E-state index contributed by atoms with van der Waals surface area (Å²) in [5.41, 5.74) is 1.34. The highest BCUT2D eigenvalue weighted by atomic mass is 32.1. The maximum atomic E-state index is 11.9. The van der Waals surface area contributed by atoms with Crippen LogP contribution in [0.5, 0.6) is 5.75 Å². The summed E-state index contributed by atoms with van der Waals surface area (Å²) in [6.45, 7) is 0.227. The Kier molecular flexibility index (Phi) is 4.50. The van der Waals surface area contributed by atoms with Crippen molar-refractivity contribution in [3.05, 3.63) is 59.1 Å². The second-order valence-corrected chi connectivity index (χ2v) is 5.86. The van der Waals surface area contributed by atoms with Gasteiger partial charge in [0.1, 0.15) is 16.8 Å². The van der Waals surface area contributed by atoms with Gasteiger partial charge in [-0.25, -0.2) is 4.98 Å². The molecule has 0 saturated carbocycles. The summed E-state index contributed by atoms with van der Waals surface area (Å²) >= 11 is 1.55. The second kappa shape index (κ2) is 6.90. The number of benzene rings is 2. The summed E-state index contributed by atoms with van der Waals surface area (Å²) in [6.07, 6.45) is 0. The number of carbonyl (C=O) groups excluding carboxylic acids is 1. The maximum absolute atomic E-state index is 11.9. The molecule has 1 amide bonds. The molecule has 0 aliphatic heterocycles. The number of amides is 1. The van der Waals surface area contributed by atoms with Crippen LogP contribution < -0.4 is 10.1 Å². The van der Waals surface area contributed by atoms with Crippen LogP contribution in [0.3, 0.4) is 0 Å². The Labute approximate surface area is 137 Å². The van der Waals surface area contributed by atoms with Gasteiger partial charge in [-0.15, -0.1) is 11.3 Å². The lowest BCUT2D eigenvalue weighted by Crippen LogP contribution is -2.28. The zero-order valence-corrected chi connectivity index (χ0v) is 13.0. The summed E-state index contributed by atoms with van der Waals surface area (Å²) in [6, 6.07) is 16.7. The zero-order valence-electron chi connectivity index (χ0n) is 12.2. The lowest BCUT2D eigenvalue weighted by molar-refractivity contribution is -0.123. The number of fused-ring (bicyclic) bond motifs is 1. The van der Waals surface area contributed by atoms with Crippen molar-refractivity contribution in [2.24, 2.45) is 0 Å². The first-order valence-electron chi connectivity index (χ1n) is 6.99. The normalized spacial score (nSPS) is 10.2. The Morgan fingerprint density at radius 1 is 1.22 bits per heavy atom. The molecule has 23 heavy (non-hydrogen) atoms. The summed E-state index contributed by atoms with van der Waals surface area (Å²) < 4.78 is 6.48. The summed E-state index contributed by atoms with van der Waals surface area (Å²) in [5, 5.41) is 12.6. The highest BCUT2D eigenvalue weighted by Crippen LogP contribution is 2.21. The Morgan fingerprint density at radius 3 is 2.83 bits per heavy atom. The van der Waals surface area contributed by atoms with Crippen LogP contribution in [0.1, 0.15) is 10.6 Å². The Morgan fingerprint density at radius 2 is 2.00 bits per heavy atom. The molecular formula is C17H13N3O2S. The molecule has 0 bridgehead atoms. The van der Waals surface area contributed by atoms with Crippen LogP contribution in [0.25, 0.3) is 10.2 Å². The van der Waals surface area contributed by atoms with E-state index in [1.807, 2.05) is 30.3 Å². The monoisotopic (exact) mass is 323 g/mol. The number of aromatic nitrogens is 1. The quantitative estimate of drug-likeness (QED) is 0.783. The molecule has 0 saturated heterocycles. The predicted octanol–water partition coefficient (Wildman–Crippen LogP) is 2.86. The molecule has 3 rings (SSSR count). The minimum absolute atomic E-state index is 0.135. The van der Waals surface area contributed by atoms with Gasteiger partial charge in [-0.2, -0.15) is 5.26 Å². The third-order valence-electron chi connectivity index (χ3n) is 3.14. The SMILES string of the molecule is N#Cc1ccccc1OCC(=O)NCc1nc2ccccc2s1. The topological polar surface area (TPSA) is 75.0 Å². The minimum atomic E-state index is -0.253. The van der Waals surface area contributed by atoms with Crippen molar-refractivity contribution >= 4 is 27.5 Å². The molecule has 1 heterocycles. The van der Waals surface area contributed by atoms with Gasteiger partial charge in [0, 0.05) is 0 Å². The number of nitriles is 1. The molecule has 3 aromatic rings. The van der Waals surface area contributed by atoms with Gasteiger partial charge in [0.05, 0.1) is 22.3 Å². The number of rotatable bonds is 5. The molecule has 1 N–H and O–H groups in total. The summed E-state index contributed by atoms with van der Waals surface area (Å²) in [4.78, 5) is 16.3. The molecule has 0 spiro atoms. The third-order valence-corrected chi connectivity index (χ3v) is 4.18. The Balaban J connectivity index is 1.54. The number of hydrogen-bond acceptors (Lipinski definition) is 5. The highest BCUT2D eigenvalue weighted by molar-refractivity contribution is 7.18. The predicted molar refractivity (Wildman–Crippen MR) is 88.1 cm³/mol. The van der Waals surface area contributed by atoms with E-state index in [1.165, 1.54) is 0 Å². The smallest absolute Gasteiger partial charge is 0.258 e. The first-order chi connectivity index (χ1) is 11.3. The third kappa shape index (κ3) is 3.65. The number of para-hydroxylation sites is 2. The molecule has 1 aromatic heterocycles. The van der Waals surface area contributed by atoms with E-state index in [2.05, 4.69) is 10.3 Å². The van der Waals surface area contributed by atoms with Gasteiger partial charge >= 0.3 is 0 Å². The maximum Gasteiger partial charge on any atom is 0.258 e. The molecule has 0 radical (unpaired) electrons. The van der Waals surface area contributed by atoms with Crippen molar-refractivity contribution in [1.82, 2.24) is 10.3 Å². The average molecular weight is 323 g/mol. The van der Waals surface area contributed by atoms with E-state index in [-0.39, 0.29) is 12.5 Å². The number of thiazole rings is 1. The van der Waals surface area contributed by atoms with Crippen molar-refractivity contribution in [2.45, 2.75) is 6.54 Å². The average Bonchev–Trinajstić information content (AvgIpc) is 3.01. The fourth-order valence-electron chi connectivity index (χ4n) is 2.05. The molecule has 2 aromatic carbocycles. The minimum Gasteiger partial charge on any atom is -0.482 e. The fraction of sp³-hybridized carbons (Fsp3) is 0.118. The molecule has 114 valence electrons. The molecule has 0 unspecified atom stereocenters. The lowest BCUT2D eigenvalue weighted by atomic mass is 10.2. The number of nitrogens with zero attached hydrogens (tertiary/aromatic N) is 2. The van der Waals surface area contributed by atoms with Crippen molar-refractivity contribution in [3.8, 4) is 11.8 Å². The van der Waals surface area contributed by atoms with Crippen LogP contribution in [-0.2, 0) is 11.3 Å². The van der Waals surface area contributed by atoms with Crippen LogP contribution in [0.4, 0.5) is 0 Å². The number of carbonyl (C=O) groups is 1. The van der Waals surface area contributed by atoms with Crippen molar-refractivity contribution in [3.63, 3.8) is 0 Å². The van der Waals surface area contributed by atoms with E-state index in [1.54, 1.807) is 35.6 Å². The van der Waals surface area contributed by atoms with Gasteiger partial charge in [-0.05, 0) is 24.3 Å². The van der Waals surface area contributed by atoms with E-state index in [0.29, 0.717) is 17.9 Å². The first-order valence-corrected chi connectivity index (χ1v) is 7.81. The Bertz CT molecular complexity index is 850. The van der Waals surface area contributed by atoms with E-state index < -0.39 is 0 Å². The second-order valence-electron chi connectivity index (χ2n) is 4.75. The van der Waals surface area contributed by atoms with Gasteiger partial charge in [0.15, 0.2) is 6.61 Å². The molecule has 0 atom stereocenters. The molecule has 0 aliphatic carbocycles. The largest absolute Gasteiger partial charge is 0.482 e. The standard InChI is InChI=1S/C17H13N3O2S/c18-9-12-5-1-3-7-14(12)22-11-16(21)19-10-17-20-13-6-2-4-8-15(13)23-17/h1-8H,10-11H2,(H,19,21). The van der Waals surface area contributed by atoms with Crippen LogP contribution >= 0.6 is 11.3 Å². The summed E-state index contributed by atoms with van der Waals surface area (Å²) in [5.74, 6) is 0.155. The van der Waals surface area contributed by atoms with Crippen molar-refractivity contribution in [2.75, 3.05) is 6.61 Å². The van der Waals surface area contributed by atoms with Crippen molar-refractivity contribution < 1.29 is 9.53 Å². The van der Waals surface area contributed by atoms with E-state index in [0.717, 1.165) is 15.2 Å². The van der Waals surface area contributed by atoms with E-state index in [4.69, 9.17) is 10.00 Å².